The lowest BCUT2D eigenvalue weighted by Gasteiger charge is -2.27. The number of anilines is 1. The van der Waals surface area contributed by atoms with Crippen LogP contribution in [0.5, 0.6) is 0 Å². The molecule has 2 aromatic rings. The molecule has 3 heterocycles. The van der Waals surface area contributed by atoms with Gasteiger partial charge in [0.05, 0.1) is 23.6 Å². The fourth-order valence-corrected chi connectivity index (χ4v) is 5.39. The van der Waals surface area contributed by atoms with Crippen molar-refractivity contribution >= 4 is 29.1 Å². The predicted molar refractivity (Wildman–Crippen MR) is 110 cm³/mol. The molecule has 30 heavy (non-hydrogen) atoms. The van der Waals surface area contributed by atoms with E-state index < -0.39 is 17.9 Å². The third-order valence-corrected chi connectivity index (χ3v) is 6.71. The SMILES string of the molecule is CC(=O)c1ccc(N2C(=O)[C@@H]3[C@H](C2=O)[C@@H](C(=O)c2ccccc2)N2CCC[C@@H]32)cc1. The van der Waals surface area contributed by atoms with E-state index in [4.69, 9.17) is 0 Å². The first-order valence-electron chi connectivity index (χ1n) is 10.3. The molecule has 6 nitrogen and oxygen atoms in total. The number of hydrogen-bond donors (Lipinski definition) is 0. The zero-order valence-electron chi connectivity index (χ0n) is 16.7. The molecule has 4 atom stereocenters. The molecule has 0 aromatic heterocycles. The highest BCUT2D eigenvalue weighted by molar-refractivity contribution is 6.24. The van der Waals surface area contributed by atoms with Gasteiger partial charge in [0.2, 0.25) is 11.8 Å². The van der Waals surface area contributed by atoms with Gasteiger partial charge in [0.25, 0.3) is 0 Å². The number of carbonyl (C=O) groups is 4. The quantitative estimate of drug-likeness (QED) is 0.581. The molecule has 0 saturated carbocycles. The summed E-state index contributed by atoms with van der Waals surface area (Å²) in [5.41, 5.74) is 1.55. The van der Waals surface area contributed by atoms with Gasteiger partial charge in [-0.05, 0) is 50.6 Å². The predicted octanol–water partition coefficient (Wildman–Crippen LogP) is 2.72. The van der Waals surface area contributed by atoms with E-state index >= 15 is 0 Å². The summed E-state index contributed by atoms with van der Waals surface area (Å²) in [7, 11) is 0. The van der Waals surface area contributed by atoms with Crippen LogP contribution in [0.1, 0.15) is 40.5 Å². The number of nitrogens with zero attached hydrogens (tertiary/aromatic N) is 2. The van der Waals surface area contributed by atoms with E-state index in [1.54, 1.807) is 36.4 Å². The zero-order valence-corrected chi connectivity index (χ0v) is 16.7. The zero-order chi connectivity index (χ0) is 21.0. The second kappa shape index (κ2) is 6.99. The highest BCUT2D eigenvalue weighted by atomic mass is 16.2. The van der Waals surface area contributed by atoms with Crippen molar-refractivity contribution in [3.05, 3.63) is 65.7 Å². The Morgan fingerprint density at radius 2 is 1.53 bits per heavy atom. The highest BCUT2D eigenvalue weighted by Gasteiger charge is 2.64. The molecule has 0 bridgehead atoms. The van der Waals surface area contributed by atoms with E-state index in [9.17, 15) is 19.2 Å². The van der Waals surface area contributed by atoms with Crippen LogP contribution in [0.15, 0.2) is 54.6 Å². The van der Waals surface area contributed by atoms with Gasteiger partial charge in [-0.1, -0.05) is 30.3 Å². The first-order valence-corrected chi connectivity index (χ1v) is 10.3. The molecular weight excluding hydrogens is 380 g/mol. The molecule has 3 fully saturated rings. The summed E-state index contributed by atoms with van der Waals surface area (Å²) in [6.07, 6.45) is 1.73. The number of imide groups is 1. The van der Waals surface area contributed by atoms with Crippen LogP contribution in [0.25, 0.3) is 0 Å². The Kier molecular flexibility index (Phi) is 4.40. The standard InChI is InChI=1S/C24H22N2O4/c1-14(27)15-9-11-17(12-10-15)26-23(29)19-18-8-5-13-25(18)21(20(19)24(26)30)22(28)16-6-3-2-4-7-16/h2-4,6-7,9-12,18-21H,5,8,13H2,1H3/t18-,19-,20-,21-/m0/s1. The van der Waals surface area contributed by atoms with Crippen molar-refractivity contribution in [3.8, 4) is 0 Å². The summed E-state index contributed by atoms with van der Waals surface area (Å²) in [5.74, 6) is -1.88. The molecule has 0 aliphatic carbocycles. The first-order chi connectivity index (χ1) is 14.5. The highest BCUT2D eigenvalue weighted by Crippen LogP contribution is 2.48. The fraction of sp³-hybridized carbons (Fsp3) is 0.333. The molecule has 0 spiro atoms. The monoisotopic (exact) mass is 402 g/mol. The molecule has 0 unspecified atom stereocenters. The fourth-order valence-electron chi connectivity index (χ4n) is 5.39. The van der Waals surface area contributed by atoms with Crippen molar-refractivity contribution < 1.29 is 19.2 Å². The number of amides is 2. The van der Waals surface area contributed by atoms with E-state index in [1.807, 2.05) is 18.2 Å². The number of benzene rings is 2. The van der Waals surface area contributed by atoms with Crippen molar-refractivity contribution in [2.45, 2.75) is 31.8 Å². The lowest BCUT2D eigenvalue weighted by molar-refractivity contribution is -0.123. The van der Waals surface area contributed by atoms with Gasteiger partial charge >= 0.3 is 0 Å². The Labute approximate surface area is 174 Å². The molecule has 3 saturated heterocycles. The summed E-state index contributed by atoms with van der Waals surface area (Å²) in [6.45, 7) is 2.20. The average molecular weight is 402 g/mol. The first kappa shape index (κ1) is 18.9. The smallest absolute Gasteiger partial charge is 0.239 e. The normalized spacial score (nSPS) is 28.0. The Balaban J connectivity index is 1.52. The third kappa shape index (κ3) is 2.67. The van der Waals surface area contributed by atoms with Crippen molar-refractivity contribution in [2.75, 3.05) is 11.4 Å². The third-order valence-electron chi connectivity index (χ3n) is 6.71. The summed E-state index contributed by atoms with van der Waals surface area (Å²) >= 11 is 0. The van der Waals surface area contributed by atoms with Gasteiger partial charge in [-0.15, -0.1) is 0 Å². The van der Waals surface area contributed by atoms with E-state index in [-0.39, 0.29) is 29.4 Å². The second-order valence-electron chi connectivity index (χ2n) is 8.29. The molecule has 2 aromatic carbocycles. The number of hydrogen-bond acceptors (Lipinski definition) is 5. The van der Waals surface area contributed by atoms with Gasteiger partial charge < -0.3 is 0 Å². The maximum absolute atomic E-state index is 13.5. The largest absolute Gasteiger partial charge is 0.295 e. The maximum Gasteiger partial charge on any atom is 0.239 e. The summed E-state index contributed by atoms with van der Waals surface area (Å²) < 4.78 is 0. The molecule has 6 heteroatoms. The summed E-state index contributed by atoms with van der Waals surface area (Å²) in [6, 6.07) is 14.8. The number of rotatable bonds is 4. The number of fused-ring (bicyclic) bond motifs is 3. The summed E-state index contributed by atoms with van der Waals surface area (Å²) in [5, 5.41) is 0. The van der Waals surface area contributed by atoms with Crippen LogP contribution >= 0.6 is 0 Å². The summed E-state index contributed by atoms with van der Waals surface area (Å²) in [4.78, 5) is 55.1. The van der Waals surface area contributed by atoms with Crippen LogP contribution in [0.3, 0.4) is 0 Å². The van der Waals surface area contributed by atoms with Crippen LogP contribution in [0.2, 0.25) is 0 Å². The topological polar surface area (TPSA) is 74.8 Å². The van der Waals surface area contributed by atoms with Crippen LogP contribution in [-0.2, 0) is 9.59 Å². The van der Waals surface area contributed by atoms with E-state index in [1.165, 1.54) is 11.8 Å². The van der Waals surface area contributed by atoms with Gasteiger partial charge in [0.15, 0.2) is 11.6 Å². The lowest BCUT2D eigenvalue weighted by atomic mass is 9.85. The van der Waals surface area contributed by atoms with Crippen LogP contribution in [0.4, 0.5) is 5.69 Å². The molecule has 3 aliphatic heterocycles. The van der Waals surface area contributed by atoms with E-state index in [0.29, 0.717) is 16.8 Å². The number of Topliss-reactive ketones (excluding diaryl/α,β-unsaturated/α-hetero) is 2. The molecule has 2 amide bonds. The molecular formula is C24H22N2O4. The molecule has 0 N–H and O–H groups in total. The Bertz CT molecular complexity index is 1050. The van der Waals surface area contributed by atoms with Crippen LogP contribution in [0, 0.1) is 11.8 Å². The van der Waals surface area contributed by atoms with Crippen molar-refractivity contribution in [1.82, 2.24) is 4.90 Å². The minimum atomic E-state index is -0.664. The van der Waals surface area contributed by atoms with E-state index in [0.717, 1.165) is 19.4 Å². The minimum absolute atomic E-state index is 0.0763. The van der Waals surface area contributed by atoms with Gasteiger partial charge in [-0.2, -0.15) is 0 Å². The van der Waals surface area contributed by atoms with Crippen molar-refractivity contribution in [1.29, 1.82) is 0 Å². The average Bonchev–Trinajstić information content (AvgIpc) is 3.40. The Morgan fingerprint density at radius 3 is 2.20 bits per heavy atom. The molecule has 3 aliphatic rings. The van der Waals surface area contributed by atoms with Gasteiger partial charge in [0.1, 0.15) is 0 Å². The lowest BCUT2D eigenvalue weighted by Crippen LogP contribution is -2.46. The van der Waals surface area contributed by atoms with Crippen molar-refractivity contribution in [3.63, 3.8) is 0 Å². The maximum atomic E-state index is 13.5. The van der Waals surface area contributed by atoms with Crippen LogP contribution < -0.4 is 4.90 Å². The van der Waals surface area contributed by atoms with Crippen molar-refractivity contribution in [2.24, 2.45) is 11.8 Å². The second-order valence-corrected chi connectivity index (χ2v) is 8.29. The van der Waals surface area contributed by atoms with E-state index in [2.05, 4.69) is 4.90 Å². The molecule has 5 rings (SSSR count). The number of carbonyl (C=O) groups excluding carboxylic acids is 4. The minimum Gasteiger partial charge on any atom is -0.295 e. The Morgan fingerprint density at radius 1 is 0.867 bits per heavy atom. The van der Waals surface area contributed by atoms with Gasteiger partial charge in [-0.25, -0.2) is 4.90 Å². The van der Waals surface area contributed by atoms with Gasteiger partial charge in [-0.3, -0.25) is 24.1 Å². The molecule has 152 valence electrons. The molecule has 0 radical (unpaired) electrons. The van der Waals surface area contributed by atoms with Crippen LogP contribution in [-0.4, -0.2) is 46.9 Å². The van der Waals surface area contributed by atoms with Gasteiger partial charge in [0, 0.05) is 17.2 Å². The number of ketones is 2. The Hall–Kier alpha value is -3.12.